The van der Waals surface area contributed by atoms with Gasteiger partial charge in [-0.2, -0.15) is 0 Å². The highest BCUT2D eigenvalue weighted by molar-refractivity contribution is 6.30. The summed E-state index contributed by atoms with van der Waals surface area (Å²) in [7, 11) is 0. The Morgan fingerprint density at radius 1 is 0.886 bits per heavy atom. The van der Waals surface area contributed by atoms with Gasteiger partial charge in [-0.05, 0) is 55.5 Å². The molecule has 3 amide bonds. The second-order valence-corrected chi connectivity index (χ2v) is 9.82. The Kier molecular flexibility index (Phi) is 8.39. The first-order valence-corrected chi connectivity index (χ1v) is 12.7. The molecule has 2 fully saturated rings. The monoisotopic (exact) mass is 499 g/mol. The Morgan fingerprint density at radius 2 is 1.54 bits per heavy atom. The number of likely N-dealkylation sites (tertiary alicyclic amines) is 1. The Balaban J connectivity index is 1.35. The van der Waals surface area contributed by atoms with Crippen LogP contribution in [0.3, 0.4) is 0 Å². The largest absolute Gasteiger partial charge is 0.351 e. The normalized spacial score (nSPS) is 23.3. The highest BCUT2D eigenvalue weighted by atomic mass is 35.5. The van der Waals surface area contributed by atoms with Gasteiger partial charge in [0.1, 0.15) is 11.2 Å². The summed E-state index contributed by atoms with van der Waals surface area (Å²) in [6.45, 7) is 0.915. The highest BCUT2D eigenvalue weighted by Crippen LogP contribution is 2.27. The fourth-order valence-electron chi connectivity index (χ4n) is 4.95. The van der Waals surface area contributed by atoms with E-state index in [0.29, 0.717) is 25.1 Å². The van der Waals surface area contributed by atoms with Crippen molar-refractivity contribution in [2.45, 2.75) is 56.0 Å². The Bertz CT molecular complexity index is 1030. The van der Waals surface area contributed by atoms with Gasteiger partial charge in [-0.25, -0.2) is 4.39 Å². The first-order valence-electron chi connectivity index (χ1n) is 12.3. The van der Waals surface area contributed by atoms with Crippen LogP contribution in [-0.4, -0.2) is 47.8 Å². The molecule has 0 unspecified atom stereocenters. The van der Waals surface area contributed by atoms with Crippen LogP contribution >= 0.6 is 11.6 Å². The number of halogens is 2. The average molecular weight is 500 g/mol. The molecule has 1 saturated carbocycles. The van der Waals surface area contributed by atoms with Crippen molar-refractivity contribution in [2.24, 2.45) is 5.92 Å². The molecule has 8 heteroatoms. The van der Waals surface area contributed by atoms with E-state index in [1.54, 1.807) is 4.90 Å². The van der Waals surface area contributed by atoms with E-state index < -0.39 is 11.2 Å². The van der Waals surface area contributed by atoms with Crippen molar-refractivity contribution < 1.29 is 18.8 Å². The van der Waals surface area contributed by atoms with Crippen LogP contribution in [0.4, 0.5) is 4.39 Å². The quantitative estimate of drug-likeness (QED) is 0.585. The number of rotatable bonds is 6. The molecule has 0 bridgehead atoms. The van der Waals surface area contributed by atoms with E-state index >= 15 is 0 Å². The van der Waals surface area contributed by atoms with E-state index in [0.717, 1.165) is 37.7 Å². The number of carbonyl (C=O) groups is 3. The van der Waals surface area contributed by atoms with Crippen molar-refractivity contribution in [3.63, 3.8) is 0 Å². The zero-order chi connectivity index (χ0) is 24.8. The van der Waals surface area contributed by atoms with Crippen LogP contribution in [0.2, 0.25) is 0 Å². The molecule has 1 aliphatic carbocycles. The van der Waals surface area contributed by atoms with Crippen LogP contribution in [-0.2, 0) is 9.59 Å². The maximum absolute atomic E-state index is 13.2. The zero-order valence-electron chi connectivity index (χ0n) is 19.6. The standard InChI is InChI=1S/C27H31ClFN3O3/c28-24(18-7-2-1-3-8-18)27(35)32-16-6-9-20(17-32)26(34)31-23-11-5-4-10-22(23)30-25(33)19-12-14-21(29)15-13-19/h1-3,7-8,12-15,20,22-24H,4-6,9-11,16-17H2,(H,30,33)(H,31,34)/t20-,22-,23-,24-/m1/s1. The molecular weight excluding hydrogens is 469 g/mol. The molecule has 1 aliphatic heterocycles. The van der Waals surface area contributed by atoms with E-state index in [4.69, 9.17) is 11.6 Å². The van der Waals surface area contributed by atoms with Crippen LogP contribution in [0.25, 0.3) is 0 Å². The van der Waals surface area contributed by atoms with Crippen LogP contribution < -0.4 is 10.6 Å². The molecule has 2 aromatic rings. The second-order valence-electron chi connectivity index (χ2n) is 9.38. The number of alkyl halides is 1. The molecule has 1 heterocycles. The van der Waals surface area contributed by atoms with Crippen molar-refractivity contribution in [3.05, 3.63) is 71.5 Å². The van der Waals surface area contributed by atoms with E-state index in [9.17, 15) is 18.8 Å². The number of benzene rings is 2. The molecule has 6 nitrogen and oxygen atoms in total. The lowest BCUT2D eigenvalue weighted by atomic mass is 9.88. The summed E-state index contributed by atoms with van der Waals surface area (Å²) in [5.41, 5.74) is 1.13. The van der Waals surface area contributed by atoms with Gasteiger partial charge in [-0.1, -0.05) is 43.2 Å². The summed E-state index contributed by atoms with van der Waals surface area (Å²) in [6.07, 6.45) is 4.90. The molecule has 186 valence electrons. The first kappa shape index (κ1) is 25.2. The Morgan fingerprint density at radius 3 is 2.23 bits per heavy atom. The van der Waals surface area contributed by atoms with Gasteiger partial charge < -0.3 is 15.5 Å². The van der Waals surface area contributed by atoms with Gasteiger partial charge in [0.25, 0.3) is 5.91 Å². The van der Waals surface area contributed by atoms with Gasteiger partial charge in [0.05, 0.1) is 5.92 Å². The highest BCUT2D eigenvalue weighted by Gasteiger charge is 2.34. The Hall–Kier alpha value is -2.93. The summed E-state index contributed by atoms with van der Waals surface area (Å²) in [6, 6.07) is 14.3. The van der Waals surface area contributed by atoms with E-state index in [2.05, 4.69) is 10.6 Å². The predicted molar refractivity (Wildman–Crippen MR) is 132 cm³/mol. The third-order valence-electron chi connectivity index (χ3n) is 6.93. The van der Waals surface area contributed by atoms with Crippen molar-refractivity contribution in [1.82, 2.24) is 15.5 Å². The summed E-state index contributed by atoms with van der Waals surface area (Å²) in [5, 5.41) is 5.38. The van der Waals surface area contributed by atoms with E-state index in [-0.39, 0.29) is 35.7 Å². The topological polar surface area (TPSA) is 78.5 Å². The minimum atomic E-state index is -0.776. The summed E-state index contributed by atoms with van der Waals surface area (Å²) in [5.74, 6) is -1.27. The summed E-state index contributed by atoms with van der Waals surface area (Å²) >= 11 is 6.45. The van der Waals surface area contributed by atoms with Crippen molar-refractivity contribution >= 4 is 29.3 Å². The minimum absolute atomic E-state index is 0.0961. The number of nitrogens with zero attached hydrogens (tertiary/aromatic N) is 1. The molecular formula is C27H31ClFN3O3. The van der Waals surface area contributed by atoms with Gasteiger partial charge in [0.2, 0.25) is 11.8 Å². The van der Waals surface area contributed by atoms with Gasteiger partial charge in [0, 0.05) is 30.7 Å². The molecule has 35 heavy (non-hydrogen) atoms. The third-order valence-corrected chi connectivity index (χ3v) is 7.37. The van der Waals surface area contributed by atoms with Crippen LogP contribution in [0.1, 0.15) is 59.8 Å². The number of hydrogen-bond acceptors (Lipinski definition) is 3. The second kappa shape index (κ2) is 11.7. The molecule has 2 aromatic carbocycles. The lowest BCUT2D eigenvalue weighted by Gasteiger charge is -2.36. The van der Waals surface area contributed by atoms with Crippen LogP contribution in [0.5, 0.6) is 0 Å². The number of amides is 3. The lowest BCUT2D eigenvalue weighted by Crippen LogP contribution is -2.55. The molecule has 2 N–H and O–H groups in total. The fraction of sp³-hybridized carbons (Fsp3) is 0.444. The number of hydrogen-bond donors (Lipinski definition) is 2. The maximum Gasteiger partial charge on any atom is 0.251 e. The molecule has 1 saturated heterocycles. The molecule has 4 rings (SSSR count). The smallest absolute Gasteiger partial charge is 0.251 e. The van der Waals surface area contributed by atoms with Gasteiger partial charge in [-0.15, -0.1) is 11.6 Å². The summed E-state index contributed by atoms with van der Waals surface area (Å²) in [4.78, 5) is 40.5. The van der Waals surface area contributed by atoms with Crippen molar-refractivity contribution in [3.8, 4) is 0 Å². The molecule has 0 spiro atoms. The first-order chi connectivity index (χ1) is 16.9. The maximum atomic E-state index is 13.2. The minimum Gasteiger partial charge on any atom is -0.351 e. The van der Waals surface area contributed by atoms with Crippen molar-refractivity contribution in [2.75, 3.05) is 13.1 Å². The van der Waals surface area contributed by atoms with Crippen LogP contribution in [0.15, 0.2) is 54.6 Å². The third kappa shape index (κ3) is 6.40. The van der Waals surface area contributed by atoms with E-state index in [1.807, 2.05) is 30.3 Å². The molecule has 2 aliphatic rings. The van der Waals surface area contributed by atoms with E-state index in [1.165, 1.54) is 24.3 Å². The van der Waals surface area contributed by atoms with Gasteiger partial charge in [0.15, 0.2) is 0 Å². The number of nitrogens with one attached hydrogen (secondary N) is 2. The van der Waals surface area contributed by atoms with Crippen LogP contribution in [0, 0.1) is 11.7 Å². The number of carbonyl (C=O) groups excluding carboxylic acids is 3. The zero-order valence-corrected chi connectivity index (χ0v) is 20.3. The number of piperidine rings is 1. The lowest BCUT2D eigenvalue weighted by molar-refractivity contribution is -0.135. The molecule has 4 atom stereocenters. The summed E-state index contributed by atoms with van der Waals surface area (Å²) < 4.78 is 13.2. The van der Waals surface area contributed by atoms with Gasteiger partial charge in [-0.3, -0.25) is 14.4 Å². The Labute approximate surface area is 210 Å². The van der Waals surface area contributed by atoms with Gasteiger partial charge >= 0.3 is 0 Å². The molecule has 0 radical (unpaired) electrons. The molecule has 0 aromatic heterocycles. The fourth-order valence-corrected chi connectivity index (χ4v) is 5.23. The SMILES string of the molecule is O=C(N[C@@H]1CCCC[C@H]1NC(=O)[C@@H]1CCCN(C(=O)[C@H](Cl)c2ccccc2)C1)c1ccc(F)cc1. The predicted octanol–water partition coefficient (Wildman–Crippen LogP) is 4.20. The van der Waals surface area contributed by atoms with Crippen molar-refractivity contribution in [1.29, 1.82) is 0 Å². The average Bonchev–Trinajstić information content (AvgIpc) is 2.90.